The van der Waals surface area contributed by atoms with E-state index < -0.39 is 0 Å². The molecule has 0 unspecified atom stereocenters. The van der Waals surface area contributed by atoms with Gasteiger partial charge in [0.1, 0.15) is 5.82 Å². The number of nitrogens with one attached hydrogen (secondary N) is 1. The molecule has 1 aliphatic heterocycles. The zero-order valence-electron chi connectivity index (χ0n) is 9.53. The predicted octanol–water partition coefficient (Wildman–Crippen LogP) is 2.60. The smallest absolute Gasteiger partial charge is 0.321 e. The summed E-state index contributed by atoms with van der Waals surface area (Å²) in [5.41, 5.74) is 0.467. The molecule has 0 atom stereocenters. The van der Waals surface area contributed by atoms with Crippen LogP contribution in [0.1, 0.15) is 18.4 Å². The van der Waals surface area contributed by atoms with Crippen molar-refractivity contribution >= 4 is 12.1 Å². The van der Waals surface area contributed by atoms with E-state index in [2.05, 4.69) is 5.32 Å². The van der Waals surface area contributed by atoms with E-state index in [0.717, 1.165) is 25.9 Å². The lowest BCUT2D eigenvalue weighted by atomic mass is 10.2. The van der Waals surface area contributed by atoms with Crippen LogP contribution in [0.5, 0.6) is 0 Å². The second kappa shape index (κ2) is 5.48. The van der Waals surface area contributed by atoms with Gasteiger partial charge in [0.05, 0.1) is 0 Å². The number of carbonyl (C=O) groups excluding carboxylic acids is 1. The van der Waals surface area contributed by atoms with Crippen LogP contribution >= 0.6 is 0 Å². The Kier molecular flexibility index (Phi) is 3.75. The molecule has 1 aliphatic rings. The van der Waals surface area contributed by atoms with E-state index in [9.17, 15) is 9.18 Å². The van der Waals surface area contributed by atoms with Gasteiger partial charge in [-0.1, -0.05) is 18.2 Å². The van der Waals surface area contributed by atoms with Crippen LogP contribution in [0.2, 0.25) is 0 Å². The number of rotatable bonds is 2. The van der Waals surface area contributed by atoms with E-state index in [4.69, 9.17) is 0 Å². The number of likely N-dealkylation sites (tertiary alicyclic amines) is 1. The molecular weight excluding hydrogens is 219 g/mol. The first-order chi connectivity index (χ1) is 8.27. The third-order valence-electron chi connectivity index (χ3n) is 2.77. The molecule has 4 heteroatoms. The fourth-order valence-corrected chi connectivity index (χ4v) is 1.82. The average molecular weight is 234 g/mol. The molecule has 0 spiro atoms. The van der Waals surface area contributed by atoms with Crippen molar-refractivity contribution in [2.75, 3.05) is 13.1 Å². The first-order valence-electron chi connectivity index (χ1n) is 5.74. The first kappa shape index (κ1) is 11.6. The average Bonchev–Trinajstić information content (AvgIpc) is 2.85. The van der Waals surface area contributed by atoms with Crippen molar-refractivity contribution in [2.45, 2.75) is 12.8 Å². The molecule has 1 aromatic carbocycles. The van der Waals surface area contributed by atoms with Crippen molar-refractivity contribution in [3.05, 3.63) is 41.8 Å². The molecule has 1 N–H and O–H groups in total. The van der Waals surface area contributed by atoms with Crippen molar-refractivity contribution in [2.24, 2.45) is 0 Å². The summed E-state index contributed by atoms with van der Waals surface area (Å²) in [6.07, 6.45) is 5.16. The van der Waals surface area contributed by atoms with E-state index >= 15 is 0 Å². The number of carbonyl (C=O) groups is 1. The van der Waals surface area contributed by atoms with Gasteiger partial charge in [-0.15, -0.1) is 0 Å². The van der Waals surface area contributed by atoms with Crippen molar-refractivity contribution in [3.8, 4) is 0 Å². The Bertz CT molecular complexity index is 425. The molecule has 0 aromatic heterocycles. The van der Waals surface area contributed by atoms with Crippen LogP contribution in [0.15, 0.2) is 30.5 Å². The monoisotopic (exact) mass is 234 g/mol. The van der Waals surface area contributed by atoms with Gasteiger partial charge < -0.3 is 10.2 Å². The maximum Gasteiger partial charge on any atom is 0.321 e. The van der Waals surface area contributed by atoms with Gasteiger partial charge >= 0.3 is 6.03 Å². The third-order valence-corrected chi connectivity index (χ3v) is 2.77. The number of hydrogen-bond acceptors (Lipinski definition) is 1. The highest BCUT2D eigenvalue weighted by atomic mass is 19.1. The molecule has 1 aromatic rings. The van der Waals surface area contributed by atoms with Crippen LogP contribution in [0.4, 0.5) is 9.18 Å². The van der Waals surface area contributed by atoms with Gasteiger partial charge in [-0.2, -0.15) is 0 Å². The number of nitrogens with zero attached hydrogens (tertiary/aromatic N) is 1. The number of benzene rings is 1. The maximum atomic E-state index is 13.2. The fraction of sp³-hybridized carbons (Fsp3) is 0.308. The Hall–Kier alpha value is -1.84. The number of halogens is 1. The summed E-state index contributed by atoms with van der Waals surface area (Å²) in [5, 5.41) is 2.64. The van der Waals surface area contributed by atoms with Crippen LogP contribution < -0.4 is 5.32 Å². The molecule has 2 rings (SSSR count). The summed E-state index contributed by atoms with van der Waals surface area (Å²) in [4.78, 5) is 13.3. The Morgan fingerprint density at radius 3 is 2.71 bits per heavy atom. The molecule has 0 aliphatic carbocycles. The zero-order chi connectivity index (χ0) is 12.1. The molecule has 2 amide bonds. The van der Waals surface area contributed by atoms with Crippen LogP contribution in [0.25, 0.3) is 6.08 Å². The van der Waals surface area contributed by atoms with Crippen LogP contribution in [-0.4, -0.2) is 24.0 Å². The van der Waals surface area contributed by atoms with Crippen molar-refractivity contribution < 1.29 is 9.18 Å². The minimum absolute atomic E-state index is 0.116. The van der Waals surface area contributed by atoms with Gasteiger partial charge in [-0.25, -0.2) is 9.18 Å². The fourth-order valence-electron chi connectivity index (χ4n) is 1.82. The van der Waals surface area contributed by atoms with Crippen LogP contribution in [0.3, 0.4) is 0 Å². The topological polar surface area (TPSA) is 32.3 Å². The molecule has 90 valence electrons. The highest BCUT2D eigenvalue weighted by molar-refractivity contribution is 5.76. The molecule has 17 heavy (non-hydrogen) atoms. The van der Waals surface area contributed by atoms with E-state index in [1.807, 2.05) is 0 Å². The molecule has 0 saturated carbocycles. The molecule has 0 bridgehead atoms. The summed E-state index contributed by atoms with van der Waals surface area (Å²) < 4.78 is 13.2. The number of amides is 2. The highest BCUT2D eigenvalue weighted by Crippen LogP contribution is 2.09. The molecular formula is C13H15FN2O. The SMILES string of the molecule is O=C(N/C=C/c1ccccc1F)N1CCCC1. The second-order valence-electron chi connectivity index (χ2n) is 4.00. The summed E-state index contributed by atoms with van der Waals surface area (Å²) in [5.74, 6) is -0.292. The van der Waals surface area contributed by atoms with Gasteiger partial charge in [0, 0.05) is 24.9 Å². The van der Waals surface area contributed by atoms with Crippen molar-refractivity contribution in [1.29, 1.82) is 0 Å². The first-order valence-corrected chi connectivity index (χ1v) is 5.74. The number of urea groups is 1. The van der Waals surface area contributed by atoms with Gasteiger partial charge in [-0.3, -0.25) is 0 Å². The van der Waals surface area contributed by atoms with Crippen molar-refractivity contribution in [1.82, 2.24) is 10.2 Å². The van der Waals surface area contributed by atoms with Crippen LogP contribution in [0, 0.1) is 5.82 Å². The normalized spacial score (nSPS) is 15.5. The largest absolute Gasteiger partial charge is 0.325 e. The standard InChI is InChI=1S/C13H15FN2O/c14-12-6-2-1-5-11(12)7-8-15-13(17)16-9-3-4-10-16/h1-2,5-8H,3-4,9-10H2,(H,15,17)/b8-7+. The molecule has 0 radical (unpaired) electrons. The van der Waals surface area contributed by atoms with Gasteiger partial charge in [0.15, 0.2) is 0 Å². The Morgan fingerprint density at radius 2 is 2.00 bits per heavy atom. The van der Waals surface area contributed by atoms with E-state index in [0.29, 0.717) is 5.56 Å². The van der Waals surface area contributed by atoms with Crippen molar-refractivity contribution in [3.63, 3.8) is 0 Å². The zero-order valence-corrected chi connectivity index (χ0v) is 9.53. The second-order valence-corrected chi connectivity index (χ2v) is 4.00. The minimum Gasteiger partial charge on any atom is -0.325 e. The molecule has 1 saturated heterocycles. The van der Waals surface area contributed by atoms with E-state index in [-0.39, 0.29) is 11.8 Å². The van der Waals surface area contributed by atoms with Crippen LogP contribution in [-0.2, 0) is 0 Å². The van der Waals surface area contributed by atoms with Gasteiger partial charge in [0.25, 0.3) is 0 Å². The molecule has 1 fully saturated rings. The number of hydrogen-bond donors (Lipinski definition) is 1. The lowest BCUT2D eigenvalue weighted by Crippen LogP contribution is -2.34. The Labute approximate surface area is 99.9 Å². The summed E-state index contributed by atoms with van der Waals surface area (Å²) in [6.45, 7) is 1.61. The minimum atomic E-state index is -0.292. The molecule has 3 nitrogen and oxygen atoms in total. The van der Waals surface area contributed by atoms with Gasteiger partial charge in [0.2, 0.25) is 0 Å². The third kappa shape index (κ3) is 3.06. The predicted molar refractivity (Wildman–Crippen MR) is 64.8 cm³/mol. The quantitative estimate of drug-likeness (QED) is 0.838. The van der Waals surface area contributed by atoms with E-state index in [1.54, 1.807) is 29.2 Å². The lowest BCUT2D eigenvalue weighted by Gasteiger charge is -2.13. The van der Waals surface area contributed by atoms with E-state index in [1.165, 1.54) is 12.3 Å². The van der Waals surface area contributed by atoms with Gasteiger partial charge in [-0.05, 0) is 25.0 Å². The lowest BCUT2D eigenvalue weighted by molar-refractivity contribution is 0.212. The Morgan fingerprint density at radius 1 is 1.29 bits per heavy atom. The Balaban J connectivity index is 1.89. The summed E-state index contributed by atoms with van der Waals surface area (Å²) >= 11 is 0. The molecule has 1 heterocycles. The highest BCUT2D eigenvalue weighted by Gasteiger charge is 2.16. The summed E-state index contributed by atoms with van der Waals surface area (Å²) in [6, 6.07) is 6.33. The summed E-state index contributed by atoms with van der Waals surface area (Å²) in [7, 11) is 0. The maximum absolute atomic E-state index is 13.2.